The van der Waals surface area contributed by atoms with E-state index in [0.717, 1.165) is 27.3 Å². The Kier molecular flexibility index (Phi) is 2.86. The fourth-order valence-corrected chi connectivity index (χ4v) is 4.99. The molecule has 0 radical (unpaired) electrons. The number of hydrogen-bond acceptors (Lipinski definition) is 3. The van der Waals surface area contributed by atoms with Crippen molar-refractivity contribution in [1.82, 2.24) is 10.4 Å². The van der Waals surface area contributed by atoms with Gasteiger partial charge in [-0.2, -0.15) is 5.01 Å². The lowest BCUT2D eigenvalue weighted by Gasteiger charge is -2.45. The van der Waals surface area contributed by atoms with Crippen molar-refractivity contribution in [2.45, 2.75) is 11.8 Å². The Bertz CT molecular complexity index is 842. The first-order valence-corrected chi connectivity index (χ1v) is 8.62. The fourth-order valence-electron chi connectivity index (χ4n) is 4.90. The van der Waals surface area contributed by atoms with E-state index in [-0.39, 0.29) is 28.8 Å². The average Bonchev–Trinajstić information content (AvgIpc) is 2.87. The molecule has 2 atom stereocenters. The van der Waals surface area contributed by atoms with Crippen LogP contribution in [0.1, 0.15) is 34.1 Å². The second-order valence-electron chi connectivity index (χ2n) is 6.75. The number of hydrazine groups is 1. The molecule has 1 aliphatic heterocycles. The molecule has 0 saturated carbocycles. The molecule has 1 saturated heterocycles. The summed E-state index contributed by atoms with van der Waals surface area (Å²) in [6.07, 6.45) is 0. The molecule has 2 bridgehead atoms. The molecule has 25 heavy (non-hydrogen) atoms. The van der Waals surface area contributed by atoms with Crippen molar-refractivity contribution >= 4 is 29.1 Å². The number of nitrogens with zero attached hydrogens (tertiary/aromatic N) is 1. The molecule has 3 N–H and O–H groups in total. The van der Waals surface area contributed by atoms with Gasteiger partial charge >= 0.3 is 0 Å². The van der Waals surface area contributed by atoms with Gasteiger partial charge in [-0.1, -0.05) is 48.5 Å². The van der Waals surface area contributed by atoms with Crippen LogP contribution in [0, 0.1) is 11.8 Å². The number of hydrogen-bond donors (Lipinski definition) is 2. The van der Waals surface area contributed by atoms with Crippen molar-refractivity contribution in [3.8, 4) is 0 Å². The van der Waals surface area contributed by atoms with Crippen LogP contribution in [0.4, 0.5) is 0 Å². The number of rotatable bonds is 1. The normalized spacial score (nSPS) is 28.4. The smallest absolute Gasteiger partial charge is 0.253 e. The van der Waals surface area contributed by atoms with Crippen molar-refractivity contribution in [3.63, 3.8) is 0 Å². The van der Waals surface area contributed by atoms with E-state index in [2.05, 4.69) is 29.7 Å². The summed E-state index contributed by atoms with van der Waals surface area (Å²) < 4.78 is 0. The molecule has 4 aliphatic rings. The van der Waals surface area contributed by atoms with Gasteiger partial charge in [0, 0.05) is 11.8 Å². The third-order valence-corrected chi connectivity index (χ3v) is 5.76. The summed E-state index contributed by atoms with van der Waals surface area (Å²) in [4.78, 5) is 26.0. The molecular weight excluding hydrogens is 334 g/mol. The van der Waals surface area contributed by atoms with Crippen LogP contribution in [0.3, 0.4) is 0 Å². The maximum Gasteiger partial charge on any atom is 0.253 e. The van der Waals surface area contributed by atoms with E-state index >= 15 is 0 Å². The summed E-state index contributed by atoms with van der Waals surface area (Å²) in [5.41, 5.74) is 12.7. The second-order valence-corrected chi connectivity index (χ2v) is 7.19. The largest absolute Gasteiger partial charge is 0.375 e. The highest BCUT2D eigenvalue weighted by atomic mass is 32.1. The van der Waals surface area contributed by atoms with Crippen LogP contribution in [0.15, 0.2) is 48.5 Å². The van der Waals surface area contributed by atoms with Gasteiger partial charge in [0.2, 0.25) is 0 Å². The predicted molar refractivity (Wildman–Crippen MR) is 95.3 cm³/mol. The van der Waals surface area contributed by atoms with Gasteiger partial charge in [0.1, 0.15) is 0 Å². The summed E-state index contributed by atoms with van der Waals surface area (Å²) in [7, 11) is 0. The number of amides is 2. The topological polar surface area (TPSA) is 75.4 Å². The Morgan fingerprint density at radius 1 is 0.840 bits per heavy atom. The zero-order chi connectivity index (χ0) is 17.3. The van der Waals surface area contributed by atoms with Crippen molar-refractivity contribution < 1.29 is 9.59 Å². The van der Waals surface area contributed by atoms with E-state index in [1.807, 2.05) is 24.3 Å². The molecule has 124 valence electrons. The van der Waals surface area contributed by atoms with E-state index < -0.39 is 11.8 Å². The minimum Gasteiger partial charge on any atom is -0.375 e. The second kappa shape index (κ2) is 4.89. The minimum absolute atomic E-state index is 0.0808. The standard InChI is InChI=1S/C19H15N3O2S/c20-19(25)21-22-17(23)15-13-9-5-1-2-6-10(9)14(16(15)18(22)24)12-8-4-3-7-11(12)13/h1-8,13-16H,(H3,20,21,25)/t13?,14?,15-,16-/m1/s1. The van der Waals surface area contributed by atoms with Crippen LogP contribution < -0.4 is 11.2 Å². The molecule has 6 heteroatoms. The van der Waals surface area contributed by atoms with E-state index in [1.165, 1.54) is 0 Å². The summed E-state index contributed by atoms with van der Waals surface area (Å²) in [6, 6.07) is 16.2. The van der Waals surface area contributed by atoms with Crippen LogP contribution in [-0.4, -0.2) is 21.9 Å². The first kappa shape index (κ1) is 14.6. The van der Waals surface area contributed by atoms with E-state index in [9.17, 15) is 9.59 Å². The van der Waals surface area contributed by atoms with Crippen molar-refractivity contribution in [3.05, 3.63) is 70.8 Å². The number of nitrogens with one attached hydrogen (secondary N) is 1. The van der Waals surface area contributed by atoms with Gasteiger partial charge in [-0.05, 0) is 34.5 Å². The zero-order valence-corrected chi connectivity index (χ0v) is 14.0. The van der Waals surface area contributed by atoms with Crippen LogP contribution in [-0.2, 0) is 9.59 Å². The quantitative estimate of drug-likeness (QED) is 0.605. The lowest BCUT2D eigenvalue weighted by atomic mass is 9.55. The Morgan fingerprint density at radius 3 is 1.52 bits per heavy atom. The lowest BCUT2D eigenvalue weighted by Crippen LogP contribution is -2.48. The molecule has 2 aromatic rings. The Hall–Kier alpha value is -2.73. The maximum absolute atomic E-state index is 13.0. The van der Waals surface area contributed by atoms with Gasteiger partial charge < -0.3 is 5.73 Å². The molecule has 0 aromatic heterocycles. The number of imide groups is 1. The van der Waals surface area contributed by atoms with Crippen LogP contribution in [0.25, 0.3) is 0 Å². The van der Waals surface area contributed by atoms with Crippen molar-refractivity contribution in [1.29, 1.82) is 0 Å². The summed E-state index contributed by atoms with van der Waals surface area (Å²) in [5, 5.41) is 0.942. The summed E-state index contributed by atoms with van der Waals surface area (Å²) in [5.74, 6) is -1.55. The molecule has 2 aromatic carbocycles. The SMILES string of the molecule is NC(=S)NN1C(=O)[C@@H]2C3c4ccccc4C(c4ccccc43)[C@H]2C1=O. The van der Waals surface area contributed by atoms with Gasteiger partial charge in [0.15, 0.2) is 5.11 Å². The maximum atomic E-state index is 13.0. The van der Waals surface area contributed by atoms with Gasteiger partial charge in [-0.15, -0.1) is 0 Å². The van der Waals surface area contributed by atoms with Crippen molar-refractivity contribution in [2.24, 2.45) is 17.6 Å². The highest BCUT2D eigenvalue weighted by molar-refractivity contribution is 7.80. The van der Waals surface area contributed by atoms with Gasteiger partial charge in [-0.3, -0.25) is 15.0 Å². The Balaban J connectivity index is 1.74. The van der Waals surface area contributed by atoms with E-state index in [1.54, 1.807) is 0 Å². The lowest BCUT2D eigenvalue weighted by molar-refractivity contribution is -0.142. The molecule has 0 spiro atoms. The monoisotopic (exact) mass is 349 g/mol. The third kappa shape index (κ3) is 1.75. The third-order valence-electron chi connectivity index (χ3n) is 5.67. The van der Waals surface area contributed by atoms with E-state index in [4.69, 9.17) is 18.0 Å². The molecule has 6 rings (SSSR count). The number of carbonyl (C=O) groups excluding carboxylic acids is 2. The Labute approximate surface area is 149 Å². The molecule has 5 nitrogen and oxygen atoms in total. The van der Waals surface area contributed by atoms with Crippen LogP contribution in [0.2, 0.25) is 0 Å². The summed E-state index contributed by atoms with van der Waals surface area (Å²) in [6.45, 7) is 0. The van der Waals surface area contributed by atoms with Crippen LogP contribution in [0.5, 0.6) is 0 Å². The molecule has 2 amide bonds. The number of carbonyl (C=O) groups is 2. The minimum atomic E-state index is -0.413. The van der Waals surface area contributed by atoms with Crippen LogP contribution >= 0.6 is 12.2 Å². The van der Waals surface area contributed by atoms with Crippen molar-refractivity contribution in [2.75, 3.05) is 0 Å². The number of nitrogens with two attached hydrogens (primary N) is 1. The Morgan fingerprint density at radius 2 is 1.20 bits per heavy atom. The fraction of sp³-hybridized carbons (Fsp3) is 0.211. The molecule has 0 unspecified atom stereocenters. The van der Waals surface area contributed by atoms with Gasteiger partial charge in [-0.25, -0.2) is 0 Å². The molecule has 1 heterocycles. The summed E-state index contributed by atoms with van der Waals surface area (Å²) >= 11 is 4.84. The molecule has 3 aliphatic carbocycles. The first-order valence-electron chi connectivity index (χ1n) is 8.21. The van der Waals surface area contributed by atoms with Gasteiger partial charge in [0.05, 0.1) is 11.8 Å². The average molecular weight is 349 g/mol. The predicted octanol–water partition coefficient (Wildman–Crippen LogP) is 1.63. The molecular formula is C19H15N3O2S. The highest BCUT2D eigenvalue weighted by Gasteiger charge is 2.61. The molecule has 1 fully saturated rings. The zero-order valence-electron chi connectivity index (χ0n) is 13.2. The number of benzene rings is 2. The van der Waals surface area contributed by atoms with E-state index in [0.29, 0.717) is 0 Å². The first-order chi connectivity index (χ1) is 12.1. The highest BCUT2D eigenvalue weighted by Crippen LogP contribution is 2.60. The number of thiocarbonyl (C=S) groups is 1. The van der Waals surface area contributed by atoms with Gasteiger partial charge in [0.25, 0.3) is 11.8 Å².